The van der Waals surface area contributed by atoms with Crippen LogP contribution in [0.2, 0.25) is 5.02 Å². The molecule has 34 heavy (non-hydrogen) atoms. The molecule has 3 rings (SSSR count). The molecule has 0 radical (unpaired) electrons. The van der Waals surface area contributed by atoms with Gasteiger partial charge in [-0.15, -0.1) is 11.3 Å². The molecule has 0 aliphatic rings. The van der Waals surface area contributed by atoms with Crippen molar-refractivity contribution in [2.75, 3.05) is 38.6 Å². The van der Waals surface area contributed by atoms with E-state index in [1.165, 1.54) is 50.9 Å². The molecule has 0 unspecified atom stereocenters. The van der Waals surface area contributed by atoms with Gasteiger partial charge in [0.2, 0.25) is 0 Å². The van der Waals surface area contributed by atoms with Gasteiger partial charge in [-0.1, -0.05) is 17.7 Å². The van der Waals surface area contributed by atoms with E-state index in [2.05, 4.69) is 10.6 Å². The van der Waals surface area contributed by atoms with Gasteiger partial charge in [0.25, 0.3) is 11.8 Å². The Kier molecular flexibility index (Phi) is 8.34. The van der Waals surface area contributed by atoms with Crippen LogP contribution in [0.3, 0.4) is 0 Å². The minimum atomic E-state index is -0.851. The number of rotatable bonds is 9. The molecule has 9 nitrogen and oxygen atoms in total. The Morgan fingerprint density at radius 1 is 0.882 bits per heavy atom. The zero-order valence-electron chi connectivity index (χ0n) is 18.5. The highest BCUT2D eigenvalue weighted by atomic mass is 35.5. The molecule has 0 atom stereocenters. The van der Waals surface area contributed by atoms with Crippen LogP contribution in [0.15, 0.2) is 47.8 Å². The average Bonchev–Trinajstić information content (AvgIpc) is 3.37. The summed E-state index contributed by atoms with van der Waals surface area (Å²) in [5.41, 5.74) is 0.444. The number of nitrogens with one attached hydrogen (secondary N) is 2. The Labute approximate surface area is 204 Å². The van der Waals surface area contributed by atoms with Gasteiger partial charge >= 0.3 is 5.97 Å². The number of benzene rings is 2. The van der Waals surface area contributed by atoms with E-state index in [1.807, 2.05) is 0 Å². The van der Waals surface area contributed by atoms with E-state index in [1.54, 1.807) is 29.6 Å². The molecule has 178 valence electrons. The van der Waals surface area contributed by atoms with Crippen molar-refractivity contribution in [2.45, 2.75) is 0 Å². The van der Waals surface area contributed by atoms with E-state index in [-0.39, 0.29) is 17.0 Å². The van der Waals surface area contributed by atoms with E-state index in [0.717, 1.165) is 0 Å². The number of amides is 2. The van der Waals surface area contributed by atoms with E-state index in [9.17, 15) is 14.4 Å². The lowest BCUT2D eigenvalue weighted by molar-refractivity contribution is -0.119. The molecule has 0 fully saturated rings. The molecule has 2 aromatic carbocycles. The molecule has 0 saturated carbocycles. The monoisotopic (exact) mass is 504 g/mol. The molecule has 1 aromatic heterocycles. The van der Waals surface area contributed by atoms with Crippen molar-refractivity contribution in [1.82, 2.24) is 0 Å². The molecule has 0 aliphatic carbocycles. The zero-order chi connectivity index (χ0) is 24.7. The summed E-state index contributed by atoms with van der Waals surface area (Å²) in [7, 11) is 4.28. The second-order valence-electron chi connectivity index (χ2n) is 6.65. The Bertz CT molecular complexity index is 1200. The fourth-order valence-electron chi connectivity index (χ4n) is 2.92. The second kappa shape index (κ2) is 11.4. The molecule has 2 N–H and O–H groups in total. The van der Waals surface area contributed by atoms with Crippen LogP contribution in [0.25, 0.3) is 0 Å². The lowest BCUT2D eigenvalue weighted by Crippen LogP contribution is -2.22. The van der Waals surface area contributed by atoms with E-state index >= 15 is 0 Å². The van der Waals surface area contributed by atoms with E-state index < -0.39 is 24.4 Å². The van der Waals surface area contributed by atoms with Crippen molar-refractivity contribution in [1.29, 1.82) is 0 Å². The zero-order valence-corrected chi connectivity index (χ0v) is 20.0. The first-order chi connectivity index (χ1) is 16.4. The van der Waals surface area contributed by atoms with Crippen molar-refractivity contribution in [3.8, 4) is 17.2 Å². The number of methoxy groups -OCH3 is 3. The van der Waals surface area contributed by atoms with Crippen LogP contribution in [-0.2, 0) is 9.53 Å². The fourth-order valence-corrected chi connectivity index (χ4v) is 3.71. The summed E-state index contributed by atoms with van der Waals surface area (Å²) in [5, 5.41) is 7.40. The molecule has 0 spiro atoms. The Morgan fingerprint density at radius 3 is 2.24 bits per heavy atom. The smallest absolute Gasteiger partial charge is 0.340 e. The third kappa shape index (κ3) is 5.97. The summed E-state index contributed by atoms with van der Waals surface area (Å²) in [6, 6.07) is 10.9. The summed E-state index contributed by atoms with van der Waals surface area (Å²) >= 11 is 7.21. The van der Waals surface area contributed by atoms with Crippen LogP contribution < -0.4 is 24.8 Å². The van der Waals surface area contributed by atoms with Crippen LogP contribution in [0.4, 0.5) is 11.4 Å². The highest BCUT2D eigenvalue weighted by Gasteiger charge is 2.21. The van der Waals surface area contributed by atoms with Crippen LogP contribution in [0.5, 0.6) is 17.2 Å². The first-order valence-corrected chi connectivity index (χ1v) is 11.0. The normalized spacial score (nSPS) is 10.2. The lowest BCUT2D eigenvalue weighted by Gasteiger charge is -2.15. The van der Waals surface area contributed by atoms with Gasteiger partial charge in [0.05, 0.1) is 43.1 Å². The molecular formula is C23H21ClN2O7S. The third-order valence-corrected chi connectivity index (χ3v) is 5.61. The molecule has 1 heterocycles. The second-order valence-corrected chi connectivity index (χ2v) is 8.04. The maximum atomic E-state index is 12.8. The average molecular weight is 505 g/mol. The number of thiophene rings is 1. The topological polar surface area (TPSA) is 112 Å². The van der Waals surface area contributed by atoms with Crippen LogP contribution in [0.1, 0.15) is 20.0 Å². The molecule has 11 heteroatoms. The third-order valence-electron chi connectivity index (χ3n) is 4.51. The molecule has 0 aliphatic heterocycles. The summed E-state index contributed by atoms with van der Waals surface area (Å²) in [5.74, 6) is -0.943. The van der Waals surface area contributed by atoms with Crippen LogP contribution in [0, 0.1) is 0 Å². The molecule has 0 bridgehead atoms. The van der Waals surface area contributed by atoms with Crippen molar-refractivity contribution in [3.63, 3.8) is 0 Å². The number of esters is 1. The standard InChI is InChI=1S/C23H21ClN2O7S/c1-30-17-7-6-13(24)9-16(17)25-21(27)12-33-23(29)14-10-18(31-2)19(32-3)11-15(14)26-22(28)20-5-4-8-34-20/h4-11H,12H2,1-3H3,(H,25,27)(H,26,28). The van der Waals surface area contributed by atoms with Crippen molar-refractivity contribution >= 4 is 52.1 Å². The molecule has 3 aromatic rings. The Hall–Kier alpha value is -3.76. The summed E-state index contributed by atoms with van der Waals surface area (Å²) in [6.07, 6.45) is 0. The van der Waals surface area contributed by atoms with Crippen molar-refractivity contribution in [3.05, 3.63) is 63.3 Å². The van der Waals surface area contributed by atoms with Gasteiger partial charge in [0, 0.05) is 17.2 Å². The Morgan fingerprint density at radius 2 is 1.59 bits per heavy atom. The van der Waals surface area contributed by atoms with Gasteiger partial charge < -0.3 is 29.6 Å². The number of carbonyl (C=O) groups is 3. The first kappa shape index (κ1) is 24.9. The molecule has 0 saturated heterocycles. The van der Waals surface area contributed by atoms with Crippen LogP contribution in [-0.4, -0.2) is 45.7 Å². The fraction of sp³-hybridized carbons (Fsp3) is 0.174. The Balaban J connectivity index is 1.78. The highest BCUT2D eigenvalue weighted by Crippen LogP contribution is 2.34. The van der Waals surface area contributed by atoms with Crippen molar-refractivity contribution in [2.24, 2.45) is 0 Å². The quantitative estimate of drug-likeness (QED) is 0.413. The minimum Gasteiger partial charge on any atom is -0.495 e. The van der Waals surface area contributed by atoms with E-state index in [0.29, 0.717) is 27.1 Å². The number of hydrogen-bond acceptors (Lipinski definition) is 8. The highest BCUT2D eigenvalue weighted by molar-refractivity contribution is 7.12. The SMILES string of the molecule is COc1ccc(Cl)cc1NC(=O)COC(=O)c1cc(OC)c(OC)cc1NC(=O)c1cccs1. The van der Waals surface area contributed by atoms with Gasteiger partial charge in [-0.3, -0.25) is 9.59 Å². The summed E-state index contributed by atoms with van der Waals surface area (Å²) in [6.45, 7) is -0.596. The number of ether oxygens (including phenoxy) is 4. The van der Waals surface area contributed by atoms with Gasteiger partial charge in [-0.2, -0.15) is 0 Å². The number of halogens is 1. The number of carbonyl (C=O) groups excluding carboxylic acids is 3. The molecule has 2 amide bonds. The molecular weight excluding hydrogens is 484 g/mol. The number of anilines is 2. The van der Waals surface area contributed by atoms with Gasteiger partial charge in [0.1, 0.15) is 5.75 Å². The van der Waals surface area contributed by atoms with Crippen LogP contribution >= 0.6 is 22.9 Å². The lowest BCUT2D eigenvalue weighted by atomic mass is 10.1. The minimum absolute atomic E-state index is 0.0179. The predicted molar refractivity (Wildman–Crippen MR) is 129 cm³/mol. The van der Waals surface area contributed by atoms with Gasteiger partial charge in [-0.25, -0.2) is 4.79 Å². The largest absolute Gasteiger partial charge is 0.495 e. The summed E-state index contributed by atoms with van der Waals surface area (Å²) in [4.78, 5) is 38.2. The number of hydrogen-bond donors (Lipinski definition) is 2. The predicted octanol–water partition coefficient (Wildman–Crippen LogP) is 4.48. The summed E-state index contributed by atoms with van der Waals surface area (Å²) < 4.78 is 20.9. The maximum absolute atomic E-state index is 12.8. The van der Waals surface area contributed by atoms with Crippen molar-refractivity contribution < 1.29 is 33.3 Å². The van der Waals surface area contributed by atoms with Gasteiger partial charge in [0.15, 0.2) is 18.1 Å². The van der Waals surface area contributed by atoms with Gasteiger partial charge in [-0.05, 0) is 29.6 Å². The maximum Gasteiger partial charge on any atom is 0.340 e. The first-order valence-electron chi connectivity index (χ1n) is 9.77. The van der Waals surface area contributed by atoms with E-state index in [4.69, 9.17) is 30.5 Å².